The van der Waals surface area contributed by atoms with Crippen molar-refractivity contribution in [2.24, 2.45) is 0 Å². The average Bonchev–Trinajstić information content (AvgIpc) is 2.97. The third kappa shape index (κ3) is 4.20. The number of aliphatic hydroxyl groups is 1. The molecule has 0 aliphatic rings. The zero-order valence-electron chi connectivity index (χ0n) is 11.7. The number of pyridine rings is 1. The van der Waals surface area contributed by atoms with Crippen molar-refractivity contribution in [3.8, 4) is 11.8 Å². The summed E-state index contributed by atoms with van der Waals surface area (Å²) in [6.45, 7) is 1.98. The number of aryl methyl sites for hydroxylation is 1. The lowest BCUT2D eigenvalue weighted by Crippen LogP contribution is -2.12. The fraction of sp³-hybridized carbons (Fsp3) is 0.250. The largest absolute Gasteiger partial charge is 0.456 e. The molecule has 2 N–H and O–H groups in total. The molecule has 0 aliphatic carbocycles. The highest BCUT2D eigenvalue weighted by Crippen LogP contribution is 2.12. The Bertz CT molecular complexity index is 680. The average molecular weight is 284 g/mol. The second kappa shape index (κ2) is 7.27. The van der Waals surface area contributed by atoms with E-state index in [0.717, 1.165) is 17.7 Å². The summed E-state index contributed by atoms with van der Waals surface area (Å²) < 4.78 is 5.38. The second-order valence-corrected chi connectivity index (χ2v) is 4.28. The molecule has 0 spiro atoms. The molecule has 0 unspecified atom stereocenters. The second-order valence-electron chi connectivity index (χ2n) is 4.28. The zero-order valence-corrected chi connectivity index (χ0v) is 11.7. The number of anilines is 1. The van der Waals surface area contributed by atoms with E-state index in [1.165, 1.54) is 0 Å². The smallest absolute Gasteiger partial charge is 0.292 e. The highest BCUT2D eigenvalue weighted by atomic mass is 16.3. The molecule has 0 saturated heterocycles. The molecule has 2 aromatic heterocycles. The van der Waals surface area contributed by atoms with E-state index in [1.807, 2.05) is 6.92 Å². The fourth-order valence-corrected chi connectivity index (χ4v) is 1.67. The first kappa shape index (κ1) is 14.8. The van der Waals surface area contributed by atoms with E-state index in [9.17, 15) is 4.79 Å². The summed E-state index contributed by atoms with van der Waals surface area (Å²) in [7, 11) is 0. The monoisotopic (exact) mass is 284 g/mol. The van der Waals surface area contributed by atoms with Crippen molar-refractivity contribution in [3.63, 3.8) is 0 Å². The Labute approximate surface area is 123 Å². The number of nitrogens with zero attached hydrogens (tertiary/aromatic N) is 1. The molecule has 2 heterocycles. The SMILES string of the molecule is CCc1ccc(C(=O)Nc2cc(C#CCCO)ccn2)o1. The van der Waals surface area contributed by atoms with Crippen LogP contribution < -0.4 is 5.32 Å². The van der Waals surface area contributed by atoms with Gasteiger partial charge in [-0.05, 0) is 24.3 Å². The van der Waals surface area contributed by atoms with Gasteiger partial charge >= 0.3 is 0 Å². The minimum absolute atomic E-state index is 0.0277. The van der Waals surface area contributed by atoms with Crippen molar-refractivity contribution in [2.75, 3.05) is 11.9 Å². The summed E-state index contributed by atoms with van der Waals surface area (Å²) in [4.78, 5) is 16.1. The molecule has 0 bridgehead atoms. The number of carbonyl (C=O) groups is 1. The van der Waals surface area contributed by atoms with Gasteiger partial charge in [-0.1, -0.05) is 18.8 Å². The van der Waals surface area contributed by atoms with Crippen LogP contribution in [0.5, 0.6) is 0 Å². The van der Waals surface area contributed by atoms with E-state index < -0.39 is 0 Å². The summed E-state index contributed by atoms with van der Waals surface area (Å²) in [5.74, 6) is 6.78. The first-order chi connectivity index (χ1) is 10.2. The van der Waals surface area contributed by atoms with Crippen LogP contribution in [0.25, 0.3) is 0 Å². The van der Waals surface area contributed by atoms with Crippen LogP contribution in [0.15, 0.2) is 34.9 Å². The van der Waals surface area contributed by atoms with Crippen LogP contribution in [0, 0.1) is 11.8 Å². The lowest BCUT2D eigenvalue weighted by molar-refractivity contribution is 0.0994. The van der Waals surface area contributed by atoms with Gasteiger partial charge in [0.1, 0.15) is 11.6 Å². The Morgan fingerprint density at radius 3 is 3.00 bits per heavy atom. The molecule has 0 radical (unpaired) electrons. The van der Waals surface area contributed by atoms with Gasteiger partial charge in [0, 0.05) is 24.6 Å². The van der Waals surface area contributed by atoms with Gasteiger partial charge < -0.3 is 14.8 Å². The maximum Gasteiger partial charge on any atom is 0.292 e. The molecular formula is C16H16N2O3. The third-order valence-electron chi connectivity index (χ3n) is 2.70. The van der Waals surface area contributed by atoms with Gasteiger partial charge in [-0.25, -0.2) is 4.98 Å². The van der Waals surface area contributed by atoms with E-state index in [0.29, 0.717) is 12.2 Å². The van der Waals surface area contributed by atoms with Gasteiger partial charge in [0.15, 0.2) is 5.76 Å². The highest BCUT2D eigenvalue weighted by molar-refractivity contribution is 6.01. The number of aliphatic hydroxyl groups excluding tert-OH is 1. The van der Waals surface area contributed by atoms with Crippen LogP contribution in [-0.4, -0.2) is 22.6 Å². The van der Waals surface area contributed by atoms with Crippen LogP contribution in [0.2, 0.25) is 0 Å². The number of amides is 1. The van der Waals surface area contributed by atoms with E-state index >= 15 is 0 Å². The molecule has 0 aliphatic heterocycles. The molecule has 0 saturated carbocycles. The van der Waals surface area contributed by atoms with Gasteiger partial charge in [-0.15, -0.1) is 0 Å². The van der Waals surface area contributed by atoms with Gasteiger partial charge in [-0.3, -0.25) is 4.79 Å². The quantitative estimate of drug-likeness (QED) is 0.844. The predicted octanol–water partition coefficient (Wildman–Crippen LogP) is 2.22. The van der Waals surface area contributed by atoms with Crippen molar-refractivity contribution in [1.82, 2.24) is 4.98 Å². The molecule has 2 rings (SSSR count). The highest BCUT2D eigenvalue weighted by Gasteiger charge is 2.11. The maximum absolute atomic E-state index is 12.0. The van der Waals surface area contributed by atoms with E-state index in [4.69, 9.17) is 9.52 Å². The van der Waals surface area contributed by atoms with Crippen molar-refractivity contribution in [3.05, 3.63) is 47.5 Å². The summed E-state index contributed by atoms with van der Waals surface area (Å²) in [6, 6.07) is 6.83. The third-order valence-corrected chi connectivity index (χ3v) is 2.70. The summed E-state index contributed by atoms with van der Waals surface area (Å²) in [6.07, 6.45) is 2.72. The number of rotatable bonds is 4. The fourth-order valence-electron chi connectivity index (χ4n) is 1.67. The molecule has 0 fully saturated rings. The zero-order chi connectivity index (χ0) is 15.1. The topological polar surface area (TPSA) is 75.4 Å². The van der Waals surface area contributed by atoms with Crippen molar-refractivity contribution >= 4 is 11.7 Å². The Hall–Kier alpha value is -2.58. The number of aromatic nitrogens is 1. The molecule has 5 nitrogen and oxygen atoms in total. The van der Waals surface area contributed by atoms with Gasteiger partial charge in [0.05, 0.1) is 6.61 Å². The Morgan fingerprint density at radius 2 is 2.29 bits per heavy atom. The van der Waals surface area contributed by atoms with Gasteiger partial charge in [0.2, 0.25) is 0 Å². The Morgan fingerprint density at radius 1 is 1.43 bits per heavy atom. The first-order valence-corrected chi connectivity index (χ1v) is 6.68. The molecule has 2 aromatic rings. The van der Waals surface area contributed by atoms with Crippen LogP contribution in [0.4, 0.5) is 5.82 Å². The van der Waals surface area contributed by atoms with Crippen molar-refractivity contribution in [2.45, 2.75) is 19.8 Å². The number of nitrogens with one attached hydrogen (secondary N) is 1. The van der Waals surface area contributed by atoms with Crippen molar-refractivity contribution in [1.29, 1.82) is 0 Å². The number of hydrogen-bond acceptors (Lipinski definition) is 4. The standard InChI is InChI=1S/C16H16N2O3/c1-2-13-6-7-14(21-13)16(20)18-15-11-12(8-9-17-15)5-3-4-10-19/h6-9,11,19H,2,4,10H2,1H3,(H,17,18,20). The van der Waals surface area contributed by atoms with Gasteiger partial charge in [-0.2, -0.15) is 0 Å². The number of hydrogen-bond donors (Lipinski definition) is 2. The van der Waals surface area contributed by atoms with E-state index in [1.54, 1.807) is 30.5 Å². The van der Waals surface area contributed by atoms with E-state index in [-0.39, 0.29) is 18.3 Å². The lowest BCUT2D eigenvalue weighted by Gasteiger charge is -2.02. The molecule has 5 heteroatoms. The maximum atomic E-state index is 12.0. The normalized spacial score (nSPS) is 9.81. The molecule has 0 atom stereocenters. The molecule has 0 aromatic carbocycles. The molecule has 1 amide bonds. The van der Waals surface area contributed by atoms with Crippen LogP contribution >= 0.6 is 0 Å². The van der Waals surface area contributed by atoms with Crippen LogP contribution in [0.3, 0.4) is 0 Å². The van der Waals surface area contributed by atoms with E-state index in [2.05, 4.69) is 22.1 Å². The Kier molecular flexibility index (Phi) is 5.13. The Balaban J connectivity index is 2.07. The first-order valence-electron chi connectivity index (χ1n) is 6.68. The molecular weight excluding hydrogens is 268 g/mol. The summed E-state index contributed by atoms with van der Waals surface area (Å²) in [5, 5.41) is 11.3. The number of carbonyl (C=O) groups excluding carboxylic acids is 1. The summed E-state index contributed by atoms with van der Waals surface area (Å²) in [5.41, 5.74) is 0.724. The summed E-state index contributed by atoms with van der Waals surface area (Å²) >= 11 is 0. The molecule has 21 heavy (non-hydrogen) atoms. The lowest BCUT2D eigenvalue weighted by atomic mass is 10.2. The van der Waals surface area contributed by atoms with Crippen LogP contribution in [-0.2, 0) is 6.42 Å². The van der Waals surface area contributed by atoms with Crippen LogP contribution in [0.1, 0.15) is 35.2 Å². The number of furan rings is 1. The minimum Gasteiger partial charge on any atom is -0.456 e. The molecule has 108 valence electrons. The minimum atomic E-state index is -0.345. The van der Waals surface area contributed by atoms with Gasteiger partial charge in [0.25, 0.3) is 5.91 Å². The predicted molar refractivity (Wildman–Crippen MR) is 78.9 cm³/mol. The van der Waals surface area contributed by atoms with Crippen molar-refractivity contribution < 1.29 is 14.3 Å².